The lowest BCUT2D eigenvalue weighted by Crippen LogP contribution is -2.04. The van der Waals surface area contributed by atoms with E-state index in [1.54, 1.807) is 0 Å². The van der Waals surface area contributed by atoms with Gasteiger partial charge in [0.25, 0.3) is 0 Å². The van der Waals surface area contributed by atoms with Crippen LogP contribution in [0.3, 0.4) is 0 Å². The molecule has 14 heavy (non-hydrogen) atoms. The molecule has 1 aliphatic rings. The molecule has 0 saturated carbocycles. The topological polar surface area (TPSA) is 26.5 Å². The summed E-state index contributed by atoms with van der Waals surface area (Å²) in [6.45, 7) is 0. The Morgan fingerprint density at radius 2 is 1.93 bits per heavy atom. The summed E-state index contributed by atoms with van der Waals surface area (Å²) in [6.07, 6.45) is -3.12. The Morgan fingerprint density at radius 3 is 2.57 bits per heavy atom. The van der Waals surface area contributed by atoms with Gasteiger partial charge in [-0.25, -0.2) is 10.3 Å². The van der Waals surface area contributed by atoms with Crippen molar-refractivity contribution in [3.63, 3.8) is 0 Å². The van der Waals surface area contributed by atoms with E-state index in [1.165, 1.54) is 6.34 Å². The number of rotatable bonds is 0. The molecule has 73 valence electrons. The Hall–Kier alpha value is -1.04. The highest BCUT2D eigenvalue weighted by molar-refractivity contribution is 9.10. The Bertz CT molecular complexity index is 412. The molecular formula is C8H3BrF3N2. The van der Waals surface area contributed by atoms with Crippen LogP contribution < -0.4 is 5.32 Å². The number of nitrogens with zero attached hydrogens (tertiary/aromatic N) is 2. The second-order valence-corrected chi connectivity index (χ2v) is 3.55. The summed E-state index contributed by atoms with van der Waals surface area (Å²) in [4.78, 5) is 3.71. The van der Waals surface area contributed by atoms with Crippen LogP contribution in [0.25, 0.3) is 0 Å². The van der Waals surface area contributed by atoms with Gasteiger partial charge in [-0.3, -0.25) is 0 Å². The summed E-state index contributed by atoms with van der Waals surface area (Å²) >= 11 is 3.02. The third kappa shape index (κ3) is 1.50. The lowest BCUT2D eigenvalue weighted by molar-refractivity contribution is -0.137. The zero-order valence-electron chi connectivity index (χ0n) is 6.64. The van der Waals surface area contributed by atoms with Gasteiger partial charge in [-0.05, 0) is 28.1 Å². The molecule has 2 nitrogen and oxygen atoms in total. The van der Waals surface area contributed by atoms with E-state index in [9.17, 15) is 13.2 Å². The minimum atomic E-state index is -4.35. The Kier molecular flexibility index (Phi) is 2.02. The average molecular weight is 264 g/mol. The monoisotopic (exact) mass is 263 g/mol. The summed E-state index contributed by atoms with van der Waals surface area (Å²) in [6, 6.07) is 1.98. The van der Waals surface area contributed by atoms with Gasteiger partial charge in [-0.2, -0.15) is 13.2 Å². The van der Waals surface area contributed by atoms with Crippen LogP contribution in [0.15, 0.2) is 21.6 Å². The standard InChI is InChI=1S/C8H3BrF3N2/c9-5-1-4(8(10,11)12)2-6-7(5)14-3-13-6/h1-3H. The molecule has 0 bridgehead atoms. The molecule has 1 aliphatic heterocycles. The quantitative estimate of drug-likeness (QED) is 0.686. The lowest BCUT2D eigenvalue weighted by Gasteiger charge is -2.08. The molecule has 0 spiro atoms. The molecule has 0 N–H and O–H groups in total. The van der Waals surface area contributed by atoms with E-state index in [4.69, 9.17) is 0 Å². The molecule has 1 aromatic carbocycles. The molecule has 0 aliphatic carbocycles. The number of halogens is 4. The average Bonchev–Trinajstić information content (AvgIpc) is 2.50. The summed E-state index contributed by atoms with van der Waals surface area (Å²) in [5.74, 6) is 0. The highest BCUT2D eigenvalue weighted by Gasteiger charge is 2.32. The minimum Gasteiger partial charge on any atom is -0.235 e. The predicted octanol–water partition coefficient (Wildman–Crippen LogP) is 3.38. The van der Waals surface area contributed by atoms with E-state index in [1.807, 2.05) is 0 Å². The maximum absolute atomic E-state index is 12.3. The molecule has 6 heteroatoms. The van der Waals surface area contributed by atoms with Crippen molar-refractivity contribution >= 4 is 33.6 Å². The van der Waals surface area contributed by atoms with Crippen molar-refractivity contribution in [3.05, 3.63) is 22.2 Å². The fraction of sp³-hybridized carbons (Fsp3) is 0.125. The molecule has 2 rings (SSSR count). The van der Waals surface area contributed by atoms with E-state index in [0.29, 0.717) is 10.2 Å². The number of hydrogen-bond donors (Lipinski definition) is 0. The van der Waals surface area contributed by atoms with Crippen molar-refractivity contribution in [1.29, 1.82) is 0 Å². The maximum atomic E-state index is 12.3. The largest absolute Gasteiger partial charge is 0.416 e. The van der Waals surface area contributed by atoms with E-state index >= 15 is 0 Å². The molecule has 0 amide bonds. The highest BCUT2D eigenvalue weighted by Crippen LogP contribution is 2.41. The van der Waals surface area contributed by atoms with Gasteiger partial charge in [0, 0.05) is 4.47 Å². The zero-order chi connectivity index (χ0) is 10.3. The number of alkyl halides is 3. The van der Waals surface area contributed by atoms with E-state index < -0.39 is 11.7 Å². The summed E-state index contributed by atoms with van der Waals surface area (Å²) < 4.78 is 37.3. The number of aliphatic imine (C=N–C) groups is 1. The molecule has 0 unspecified atom stereocenters. The number of benzene rings is 1. The third-order valence-electron chi connectivity index (χ3n) is 1.75. The van der Waals surface area contributed by atoms with Crippen molar-refractivity contribution in [1.82, 2.24) is 5.32 Å². The van der Waals surface area contributed by atoms with Crippen molar-refractivity contribution < 1.29 is 13.2 Å². The molecule has 0 saturated heterocycles. The van der Waals surface area contributed by atoms with Gasteiger partial charge in [0.15, 0.2) is 0 Å². The second-order valence-electron chi connectivity index (χ2n) is 2.70. The molecule has 0 fully saturated rings. The SMILES string of the molecule is FC(F)(F)c1cc(Br)c2c(c1)N=C[N]2. The molecular weight excluding hydrogens is 261 g/mol. The molecule has 0 aromatic heterocycles. The van der Waals surface area contributed by atoms with Gasteiger partial charge in [0.1, 0.15) is 12.0 Å². The van der Waals surface area contributed by atoms with Crippen LogP contribution in [0.2, 0.25) is 0 Å². The second kappa shape index (κ2) is 2.98. The van der Waals surface area contributed by atoms with Gasteiger partial charge >= 0.3 is 6.18 Å². The Morgan fingerprint density at radius 1 is 1.21 bits per heavy atom. The summed E-state index contributed by atoms with van der Waals surface area (Å²) in [5, 5.41) is 3.82. The van der Waals surface area contributed by atoms with Gasteiger partial charge in [0.05, 0.1) is 11.3 Å². The summed E-state index contributed by atoms with van der Waals surface area (Å²) in [7, 11) is 0. The van der Waals surface area contributed by atoms with Crippen LogP contribution in [-0.4, -0.2) is 6.34 Å². The smallest absolute Gasteiger partial charge is 0.235 e. The van der Waals surface area contributed by atoms with E-state index in [2.05, 4.69) is 26.2 Å². The zero-order valence-corrected chi connectivity index (χ0v) is 8.22. The van der Waals surface area contributed by atoms with Crippen molar-refractivity contribution in [2.24, 2.45) is 4.99 Å². The van der Waals surface area contributed by atoms with Crippen LogP contribution in [0.5, 0.6) is 0 Å². The first kappa shape index (κ1) is 9.51. The Labute approximate surface area is 86.0 Å². The van der Waals surface area contributed by atoms with Crippen LogP contribution in [-0.2, 0) is 6.18 Å². The first-order valence-corrected chi connectivity index (χ1v) is 4.42. The van der Waals surface area contributed by atoms with E-state index in [0.717, 1.165) is 12.1 Å². The first-order chi connectivity index (χ1) is 6.48. The number of fused-ring (bicyclic) bond motifs is 1. The van der Waals surface area contributed by atoms with Gasteiger partial charge in [-0.1, -0.05) is 0 Å². The Balaban J connectivity index is 2.57. The number of hydrogen-bond acceptors (Lipinski definition) is 1. The van der Waals surface area contributed by atoms with Crippen molar-refractivity contribution in [2.75, 3.05) is 0 Å². The van der Waals surface area contributed by atoms with Gasteiger partial charge in [-0.15, -0.1) is 0 Å². The fourth-order valence-electron chi connectivity index (χ4n) is 1.12. The molecule has 1 aromatic rings. The van der Waals surface area contributed by atoms with Crippen LogP contribution in [0, 0.1) is 0 Å². The van der Waals surface area contributed by atoms with Crippen LogP contribution in [0.1, 0.15) is 5.56 Å². The molecule has 0 atom stereocenters. The highest BCUT2D eigenvalue weighted by atomic mass is 79.9. The molecule has 1 heterocycles. The third-order valence-corrected chi connectivity index (χ3v) is 2.36. The first-order valence-electron chi connectivity index (χ1n) is 3.62. The normalized spacial score (nSPS) is 14.0. The predicted molar refractivity (Wildman–Crippen MR) is 49.1 cm³/mol. The summed E-state index contributed by atoms with van der Waals surface area (Å²) in [5.41, 5.74) is -0.0397. The molecule has 1 radical (unpaired) electrons. The van der Waals surface area contributed by atoms with Crippen LogP contribution >= 0.6 is 15.9 Å². The minimum absolute atomic E-state index is 0.242. The van der Waals surface area contributed by atoms with E-state index in [-0.39, 0.29) is 5.69 Å². The van der Waals surface area contributed by atoms with Crippen LogP contribution in [0.4, 0.5) is 24.5 Å². The van der Waals surface area contributed by atoms with Crippen molar-refractivity contribution in [3.8, 4) is 0 Å². The lowest BCUT2D eigenvalue weighted by atomic mass is 10.2. The fourth-order valence-corrected chi connectivity index (χ4v) is 1.68. The van der Waals surface area contributed by atoms with Gasteiger partial charge in [0.2, 0.25) is 0 Å². The maximum Gasteiger partial charge on any atom is 0.416 e. The van der Waals surface area contributed by atoms with Gasteiger partial charge < -0.3 is 0 Å². The van der Waals surface area contributed by atoms with Crippen molar-refractivity contribution in [2.45, 2.75) is 6.18 Å².